The van der Waals surface area contributed by atoms with E-state index < -0.39 is 2.50 Å². The van der Waals surface area contributed by atoms with E-state index in [1.807, 2.05) is 0 Å². The topological polar surface area (TPSA) is 52.0 Å². The van der Waals surface area contributed by atoms with Crippen molar-refractivity contribution in [2.45, 2.75) is 19.8 Å². The molecule has 0 bridgehead atoms. The zero-order valence-corrected chi connectivity index (χ0v) is 18.8. The molecule has 0 unspecified atom stereocenters. The van der Waals surface area contributed by atoms with Gasteiger partial charge in [-0.15, -0.1) is 0 Å². The molecule has 0 aromatic rings. The van der Waals surface area contributed by atoms with E-state index in [4.69, 9.17) is 5.73 Å². The number of hydrogen-bond acceptors (Lipinski definition) is 2. The molecule has 7 heteroatoms. The summed E-state index contributed by atoms with van der Waals surface area (Å²) in [5, 5.41) is 0. The Balaban J connectivity index is -0.000000112. The van der Waals surface area contributed by atoms with Gasteiger partial charge < -0.3 is 11.5 Å². The van der Waals surface area contributed by atoms with Gasteiger partial charge in [-0.1, -0.05) is 13.3 Å². The molecule has 12 heavy (non-hydrogen) atoms. The summed E-state index contributed by atoms with van der Waals surface area (Å²) in [4.78, 5) is 0. The van der Waals surface area contributed by atoms with Crippen molar-refractivity contribution in [3.63, 3.8) is 0 Å². The van der Waals surface area contributed by atoms with E-state index in [9.17, 15) is 0 Å². The van der Waals surface area contributed by atoms with Gasteiger partial charge in [0.1, 0.15) is 0 Å². The molecule has 0 aliphatic heterocycles. The van der Waals surface area contributed by atoms with Crippen molar-refractivity contribution >= 4 is 77.0 Å². The van der Waals surface area contributed by atoms with E-state index in [0.717, 1.165) is 6.54 Å². The van der Waals surface area contributed by atoms with Gasteiger partial charge in [-0.25, -0.2) is 0 Å². The Morgan fingerprint density at radius 2 is 1.33 bits per heavy atom. The van der Waals surface area contributed by atoms with E-state index in [0.29, 0.717) is 0 Å². The first-order valence-electron chi connectivity index (χ1n) is 3.45. The van der Waals surface area contributed by atoms with Crippen LogP contribution < -0.4 is 11.5 Å². The normalized spacial score (nSPS) is 9.00. The molecule has 0 aromatic heterocycles. The van der Waals surface area contributed by atoms with Crippen LogP contribution in [0.5, 0.6) is 0 Å². The summed E-state index contributed by atoms with van der Waals surface area (Å²) in [6, 6.07) is 0. The number of hydrogen-bond donors (Lipinski definition) is 2. The van der Waals surface area contributed by atoms with Gasteiger partial charge >= 0.3 is 77.0 Å². The summed E-state index contributed by atoms with van der Waals surface area (Å²) >= 11 is 10.2. The van der Waals surface area contributed by atoms with Crippen LogP contribution in [0.2, 0.25) is 0 Å². The molecule has 0 fully saturated rings. The van der Waals surface area contributed by atoms with Crippen molar-refractivity contribution in [2.75, 3.05) is 13.6 Å². The third-order valence-electron chi connectivity index (χ3n) is 0.558. The fraction of sp³-hybridized carbons (Fsp3) is 1.00. The molecule has 0 amide bonds. The molecule has 0 aliphatic rings. The Labute approximate surface area is 119 Å². The van der Waals surface area contributed by atoms with Gasteiger partial charge in [-0.2, -0.15) is 0 Å². The Hall–Kier alpha value is 3.64. The summed E-state index contributed by atoms with van der Waals surface area (Å²) in [5.74, 6) is 0. The maximum absolute atomic E-state index is 5.14. The summed E-state index contributed by atoms with van der Waals surface area (Å²) in [7, 11) is 1.50. The number of unbranched alkanes of at least 4 members (excludes halogenated alkanes) is 1. The molecule has 2 nitrogen and oxygen atoms in total. The first-order chi connectivity index (χ1) is 5.41. The van der Waals surface area contributed by atoms with Crippen molar-refractivity contribution in [3.05, 3.63) is 0 Å². The van der Waals surface area contributed by atoms with Gasteiger partial charge in [0.15, 0.2) is 0 Å². The van der Waals surface area contributed by atoms with Gasteiger partial charge in [-0.05, 0) is 20.0 Å². The molecular formula is C5H16I4N2Sn. The van der Waals surface area contributed by atoms with Crippen LogP contribution in [0.4, 0.5) is 0 Å². The van der Waals surface area contributed by atoms with Crippen molar-refractivity contribution in [3.8, 4) is 0 Å². The van der Waals surface area contributed by atoms with Gasteiger partial charge in [-0.3, -0.25) is 0 Å². The molecule has 0 atom stereocenters. The molecule has 4 N–H and O–H groups in total. The molecular weight excluding hydrogens is 714 g/mol. The van der Waals surface area contributed by atoms with Crippen molar-refractivity contribution < 1.29 is 0 Å². The van der Waals surface area contributed by atoms with E-state index in [2.05, 4.69) is 87.2 Å². The average molecular weight is 731 g/mol. The van der Waals surface area contributed by atoms with Crippen LogP contribution in [0.25, 0.3) is 0 Å². The summed E-state index contributed by atoms with van der Waals surface area (Å²) in [6.07, 6.45) is 2.39. The minimum absolute atomic E-state index is 0.844. The molecule has 0 heterocycles. The van der Waals surface area contributed by atoms with Crippen LogP contribution in [0.1, 0.15) is 19.8 Å². The van der Waals surface area contributed by atoms with Crippen molar-refractivity contribution in [1.82, 2.24) is 0 Å². The van der Waals surface area contributed by atoms with E-state index >= 15 is 0 Å². The second kappa shape index (κ2) is 17.0. The van der Waals surface area contributed by atoms with Gasteiger partial charge in [0, 0.05) is 0 Å². The molecule has 0 aliphatic carbocycles. The average Bonchev–Trinajstić information content (AvgIpc) is 1.90. The summed E-state index contributed by atoms with van der Waals surface area (Å²) in [5.41, 5.74) is 9.64. The summed E-state index contributed by atoms with van der Waals surface area (Å²) < 4.78 is -1.30. The molecule has 0 saturated heterocycles. The van der Waals surface area contributed by atoms with Gasteiger partial charge in [0.2, 0.25) is 0 Å². The maximum atomic E-state index is 5.14. The zero-order chi connectivity index (χ0) is 10.6. The van der Waals surface area contributed by atoms with E-state index in [1.54, 1.807) is 0 Å². The number of halogens is 4. The predicted molar refractivity (Wildman–Crippen MR) is 95.9 cm³/mol. The van der Waals surface area contributed by atoms with Crippen molar-refractivity contribution in [2.24, 2.45) is 11.5 Å². The van der Waals surface area contributed by atoms with Crippen LogP contribution >= 0.6 is 74.5 Å². The Bertz CT molecular complexity index is 61.0. The first-order valence-corrected chi connectivity index (χ1v) is 36.7. The van der Waals surface area contributed by atoms with Crippen LogP contribution in [-0.4, -0.2) is 16.1 Å². The van der Waals surface area contributed by atoms with E-state index in [-0.39, 0.29) is 0 Å². The molecule has 0 radical (unpaired) electrons. The van der Waals surface area contributed by atoms with Crippen LogP contribution in [0, 0.1) is 0 Å². The quantitative estimate of drug-likeness (QED) is 0.338. The first kappa shape index (κ1) is 21.0. The third kappa shape index (κ3) is 68.5. The molecule has 0 aromatic carbocycles. The second-order valence-electron chi connectivity index (χ2n) is 1.57. The predicted octanol–water partition coefficient (Wildman–Crippen LogP) is 3.48. The fourth-order valence-electron chi connectivity index (χ4n) is 0.204. The fourth-order valence-corrected chi connectivity index (χ4v) is 0.204. The molecule has 78 valence electrons. The van der Waals surface area contributed by atoms with Gasteiger partial charge in [0.25, 0.3) is 0 Å². The van der Waals surface area contributed by atoms with Crippen molar-refractivity contribution in [1.29, 1.82) is 0 Å². The zero-order valence-electron chi connectivity index (χ0n) is 7.29. The molecule has 0 spiro atoms. The SMILES string of the molecule is CCCCN.CN.[I][Sn]([I])([I])[I]. The summed E-state index contributed by atoms with van der Waals surface area (Å²) in [6.45, 7) is 2.98. The van der Waals surface area contributed by atoms with Crippen LogP contribution in [0.15, 0.2) is 0 Å². The van der Waals surface area contributed by atoms with E-state index in [1.165, 1.54) is 19.9 Å². The van der Waals surface area contributed by atoms with Crippen LogP contribution in [-0.2, 0) is 0 Å². The van der Waals surface area contributed by atoms with Gasteiger partial charge in [0.05, 0.1) is 0 Å². The Morgan fingerprint density at radius 1 is 1.08 bits per heavy atom. The Kier molecular flexibility index (Phi) is 29.8. The number of rotatable bonds is 2. The van der Waals surface area contributed by atoms with Crippen LogP contribution in [0.3, 0.4) is 0 Å². The third-order valence-corrected chi connectivity index (χ3v) is 0.558. The Morgan fingerprint density at radius 3 is 1.33 bits per heavy atom. The number of nitrogens with two attached hydrogens (primary N) is 2. The standard InChI is InChI=1S/C4H11N.CH5N.4HI.Sn/c1-2-3-4-5;1-2;;;;;/h2-5H2,1H3;2H2,1H3;4*1H;/q;;;;;;+4/p-4. The molecule has 0 saturated carbocycles. The molecule has 0 rings (SSSR count). The minimum atomic E-state index is -1.30. The monoisotopic (exact) mass is 732 g/mol. The second-order valence-corrected chi connectivity index (χ2v) is 131.